The molecule has 18 heavy (non-hydrogen) atoms. The van der Waals surface area contributed by atoms with Crippen molar-refractivity contribution in [2.45, 2.75) is 84.2 Å². The molecule has 0 radical (unpaired) electrons. The van der Waals surface area contributed by atoms with Crippen molar-refractivity contribution in [1.82, 2.24) is 0 Å². The van der Waals surface area contributed by atoms with Crippen LogP contribution in [0.15, 0.2) is 0 Å². The first kappa shape index (κ1) is 14.4. The second kappa shape index (κ2) is 5.94. The van der Waals surface area contributed by atoms with Crippen LogP contribution in [0.1, 0.15) is 78.6 Å². The van der Waals surface area contributed by atoms with Gasteiger partial charge in [-0.25, -0.2) is 0 Å². The Morgan fingerprint density at radius 2 is 1.94 bits per heavy atom. The average molecular weight is 252 g/mol. The lowest BCUT2D eigenvalue weighted by Gasteiger charge is -2.45. The van der Waals surface area contributed by atoms with Crippen molar-refractivity contribution in [1.29, 1.82) is 0 Å². The van der Waals surface area contributed by atoms with E-state index in [-0.39, 0.29) is 5.60 Å². The summed E-state index contributed by atoms with van der Waals surface area (Å²) < 4.78 is 0. The minimum atomic E-state index is -0.313. The van der Waals surface area contributed by atoms with Gasteiger partial charge in [0.1, 0.15) is 0 Å². The fraction of sp³-hybridized carbons (Fsp3) is 1.00. The molecule has 0 aromatic carbocycles. The Balaban J connectivity index is 1.96. The maximum absolute atomic E-state index is 11.1. The highest BCUT2D eigenvalue weighted by Gasteiger charge is 2.42. The summed E-state index contributed by atoms with van der Waals surface area (Å²) in [6.45, 7) is 7.00. The maximum atomic E-state index is 11.1. The smallest absolute Gasteiger partial charge is 0.0678 e. The Morgan fingerprint density at radius 1 is 1.17 bits per heavy atom. The minimum absolute atomic E-state index is 0.313. The molecule has 4 unspecified atom stereocenters. The molecular formula is C17H32O. The molecule has 0 aromatic rings. The summed E-state index contributed by atoms with van der Waals surface area (Å²) >= 11 is 0. The van der Waals surface area contributed by atoms with Gasteiger partial charge < -0.3 is 5.11 Å². The van der Waals surface area contributed by atoms with Gasteiger partial charge in [-0.15, -0.1) is 0 Å². The van der Waals surface area contributed by atoms with Crippen LogP contribution in [0, 0.1) is 23.7 Å². The summed E-state index contributed by atoms with van der Waals surface area (Å²) in [4.78, 5) is 0. The van der Waals surface area contributed by atoms with E-state index >= 15 is 0 Å². The van der Waals surface area contributed by atoms with Gasteiger partial charge in [-0.2, -0.15) is 0 Å². The summed E-state index contributed by atoms with van der Waals surface area (Å²) in [7, 11) is 0. The highest BCUT2D eigenvalue weighted by molar-refractivity contribution is 4.94. The van der Waals surface area contributed by atoms with Gasteiger partial charge in [-0.05, 0) is 55.8 Å². The predicted octanol–water partition coefficient (Wildman–Crippen LogP) is 4.78. The summed E-state index contributed by atoms with van der Waals surface area (Å²) in [6, 6.07) is 0. The normalized spacial score (nSPS) is 42.2. The Bertz CT molecular complexity index is 260. The first-order valence-corrected chi connectivity index (χ1v) is 8.22. The lowest BCUT2D eigenvalue weighted by atomic mass is 9.64. The molecule has 2 saturated carbocycles. The summed E-state index contributed by atoms with van der Waals surface area (Å²) in [6.07, 6.45) is 11.3. The molecule has 0 aromatic heterocycles. The van der Waals surface area contributed by atoms with Crippen molar-refractivity contribution >= 4 is 0 Å². The number of hydrogen-bond donors (Lipinski definition) is 1. The van der Waals surface area contributed by atoms with Crippen LogP contribution in [0.25, 0.3) is 0 Å². The van der Waals surface area contributed by atoms with E-state index in [1.807, 2.05) is 0 Å². The fourth-order valence-electron chi connectivity index (χ4n) is 4.56. The van der Waals surface area contributed by atoms with E-state index in [1.165, 1.54) is 44.9 Å². The third-order valence-electron chi connectivity index (χ3n) is 5.37. The molecule has 0 heterocycles. The molecule has 1 nitrogen and oxygen atoms in total. The van der Waals surface area contributed by atoms with Crippen LogP contribution in [-0.4, -0.2) is 10.7 Å². The highest BCUT2D eigenvalue weighted by Crippen LogP contribution is 2.45. The largest absolute Gasteiger partial charge is 0.390 e. The Morgan fingerprint density at radius 3 is 2.61 bits per heavy atom. The molecule has 1 N–H and O–H groups in total. The Kier molecular flexibility index (Phi) is 4.75. The lowest BCUT2D eigenvalue weighted by molar-refractivity contribution is -0.0832. The van der Waals surface area contributed by atoms with E-state index in [0.717, 1.165) is 30.6 Å². The molecule has 0 saturated heterocycles. The van der Waals surface area contributed by atoms with Crippen molar-refractivity contribution in [3.8, 4) is 0 Å². The van der Waals surface area contributed by atoms with Gasteiger partial charge in [-0.3, -0.25) is 0 Å². The first-order valence-electron chi connectivity index (χ1n) is 8.22. The van der Waals surface area contributed by atoms with Crippen molar-refractivity contribution < 1.29 is 5.11 Å². The monoisotopic (exact) mass is 252 g/mol. The van der Waals surface area contributed by atoms with E-state index in [2.05, 4.69) is 20.8 Å². The topological polar surface area (TPSA) is 20.2 Å². The van der Waals surface area contributed by atoms with E-state index in [1.54, 1.807) is 0 Å². The van der Waals surface area contributed by atoms with Crippen molar-refractivity contribution in [2.75, 3.05) is 0 Å². The molecule has 0 amide bonds. The predicted molar refractivity (Wildman–Crippen MR) is 77.5 cm³/mol. The standard InChI is InChI=1S/C17H32O/c1-13(2)10-15-7-5-9-17(18,12-15)16-8-4-6-14(3)11-16/h13-16,18H,4-12H2,1-3H3. The van der Waals surface area contributed by atoms with Crippen LogP contribution in [0.2, 0.25) is 0 Å². The van der Waals surface area contributed by atoms with E-state index < -0.39 is 0 Å². The van der Waals surface area contributed by atoms with Crippen LogP contribution < -0.4 is 0 Å². The van der Waals surface area contributed by atoms with Crippen molar-refractivity contribution in [3.63, 3.8) is 0 Å². The van der Waals surface area contributed by atoms with Crippen LogP contribution in [0.5, 0.6) is 0 Å². The highest BCUT2D eigenvalue weighted by atomic mass is 16.3. The zero-order chi connectivity index (χ0) is 13.2. The van der Waals surface area contributed by atoms with Gasteiger partial charge in [0, 0.05) is 0 Å². The number of hydrogen-bond acceptors (Lipinski definition) is 1. The Hall–Kier alpha value is -0.0400. The Labute approximate surface area is 113 Å². The third kappa shape index (κ3) is 3.50. The van der Waals surface area contributed by atoms with Gasteiger partial charge in [0.15, 0.2) is 0 Å². The molecule has 2 aliphatic rings. The second-order valence-electron chi connectivity index (χ2n) is 7.66. The van der Waals surface area contributed by atoms with Crippen LogP contribution in [-0.2, 0) is 0 Å². The third-order valence-corrected chi connectivity index (χ3v) is 5.37. The molecule has 2 fully saturated rings. The van der Waals surface area contributed by atoms with Gasteiger partial charge in [0.25, 0.3) is 0 Å². The zero-order valence-electron chi connectivity index (χ0n) is 12.6. The lowest BCUT2D eigenvalue weighted by Crippen LogP contribution is -2.44. The molecular weight excluding hydrogens is 220 g/mol. The van der Waals surface area contributed by atoms with Gasteiger partial charge in [0.2, 0.25) is 0 Å². The molecule has 106 valence electrons. The van der Waals surface area contributed by atoms with E-state index in [4.69, 9.17) is 0 Å². The first-order chi connectivity index (χ1) is 8.49. The van der Waals surface area contributed by atoms with E-state index in [9.17, 15) is 5.11 Å². The number of rotatable bonds is 3. The average Bonchev–Trinajstić information content (AvgIpc) is 2.28. The quantitative estimate of drug-likeness (QED) is 0.766. The minimum Gasteiger partial charge on any atom is -0.390 e. The molecule has 2 aliphatic carbocycles. The molecule has 0 aliphatic heterocycles. The van der Waals surface area contributed by atoms with Crippen molar-refractivity contribution in [3.05, 3.63) is 0 Å². The molecule has 0 spiro atoms. The second-order valence-corrected chi connectivity index (χ2v) is 7.66. The summed E-state index contributed by atoms with van der Waals surface area (Å²) in [5.74, 6) is 2.98. The van der Waals surface area contributed by atoms with Crippen molar-refractivity contribution in [2.24, 2.45) is 23.7 Å². The van der Waals surface area contributed by atoms with E-state index in [0.29, 0.717) is 5.92 Å². The number of aliphatic hydroxyl groups is 1. The van der Waals surface area contributed by atoms with Gasteiger partial charge >= 0.3 is 0 Å². The molecule has 4 atom stereocenters. The van der Waals surface area contributed by atoms with Crippen LogP contribution in [0.4, 0.5) is 0 Å². The molecule has 0 bridgehead atoms. The maximum Gasteiger partial charge on any atom is 0.0678 e. The SMILES string of the molecule is CC(C)CC1CCCC(O)(C2CCCC(C)C2)C1. The molecule has 2 rings (SSSR count). The zero-order valence-corrected chi connectivity index (χ0v) is 12.6. The summed E-state index contributed by atoms with van der Waals surface area (Å²) in [5.41, 5.74) is -0.313. The molecule has 1 heteroatoms. The van der Waals surface area contributed by atoms with Gasteiger partial charge in [-0.1, -0.05) is 46.5 Å². The van der Waals surface area contributed by atoms with Crippen LogP contribution in [0.3, 0.4) is 0 Å². The summed E-state index contributed by atoms with van der Waals surface area (Å²) in [5, 5.41) is 11.1. The van der Waals surface area contributed by atoms with Crippen LogP contribution >= 0.6 is 0 Å². The van der Waals surface area contributed by atoms with Gasteiger partial charge in [0.05, 0.1) is 5.60 Å². The fourth-order valence-corrected chi connectivity index (χ4v) is 4.56.